The summed E-state index contributed by atoms with van der Waals surface area (Å²) in [6.45, 7) is 2.32. The summed E-state index contributed by atoms with van der Waals surface area (Å²) >= 11 is 7.24. The minimum atomic E-state index is -0.949. The summed E-state index contributed by atoms with van der Waals surface area (Å²) in [5, 5.41) is 7.48. The van der Waals surface area contributed by atoms with Gasteiger partial charge in [0, 0.05) is 9.90 Å². The fraction of sp³-hybridized carbons (Fsp3) is 0.286. The molecule has 1 aliphatic carbocycles. The van der Waals surface area contributed by atoms with Gasteiger partial charge in [0.05, 0.1) is 18.4 Å². The summed E-state index contributed by atoms with van der Waals surface area (Å²) < 4.78 is 11.0. The van der Waals surface area contributed by atoms with Crippen molar-refractivity contribution in [3.8, 4) is 5.75 Å². The van der Waals surface area contributed by atoms with Crippen molar-refractivity contribution >= 4 is 51.9 Å². The lowest BCUT2D eigenvalue weighted by molar-refractivity contribution is -0.136. The Morgan fingerprint density at radius 2 is 1.84 bits per heavy atom. The lowest BCUT2D eigenvalue weighted by Gasteiger charge is -2.08. The van der Waals surface area contributed by atoms with Crippen LogP contribution in [0.2, 0.25) is 5.02 Å². The van der Waals surface area contributed by atoms with Gasteiger partial charge in [-0.1, -0.05) is 42.3 Å². The number of hydrogen-bond donors (Lipinski definition) is 2. The molecule has 0 bridgehead atoms. The molecule has 2 amide bonds. The highest BCUT2D eigenvalue weighted by Gasteiger charge is 2.27. The third-order valence-corrected chi connectivity index (χ3v) is 7.35. The summed E-state index contributed by atoms with van der Waals surface area (Å²) in [4.78, 5) is 38.7. The van der Waals surface area contributed by atoms with Crippen LogP contribution in [0.3, 0.4) is 0 Å². The molecular weight excluding hydrogens is 526 g/mol. The fourth-order valence-electron chi connectivity index (χ4n) is 4.06. The van der Waals surface area contributed by atoms with E-state index in [4.69, 9.17) is 21.1 Å². The number of halogens is 1. The fourth-order valence-corrected chi connectivity index (χ4v) is 5.46. The van der Waals surface area contributed by atoms with Crippen molar-refractivity contribution in [3.05, 3.63) is 80.7 Å². The lowest BCUT2D eigenvalue weighted by atomic mass is 10.1. The van der Waals surface area contributed by atoms with Crippen molar-refractivity contribution < 1.29 is 23.9 Å². The molecule has 198 valence electrons. The Morgan fingerprint density at radius 1 is 1.05 bits per heavy atom. The third-order valence-electron chi connectivity index (χ3n) is 5.89. The summed E-state index contributed by atoms with van der Waals surface area (Å²) in [7, 11) is 0. The van der Waals surface area contributed by atoms with Gasteiger partial charge in [0.2, 0.25) is 0 Å². The molecule has 1 aliphatic rings. The molecule has 0 unspecified atom stereocenters. The van der Waals surface area contributed by atoms with Crippen LogP contribution < -0.4 is 15.5 Å². The third kappa shape index (κ3) is 7.20. The van der Waals surface area contributed by atoms with Crippen molar-refractivity contribution in [1.29, 1.82) is 0 Å². The van der Waals surface area contributed by atoms with Gasteiger partial charge in [-0.25, -0.2) is 10.2 Å². The molecule has 0 saturated carbocycles. The number of amides is 2. The lowest BCUT2D eigenvalue weighted by Crippen LogP contribution is -2.32. The maximum Gasteiger partial charge on any atom is 0.341 e. The number of aryl methyl sites for hydroxylation is 1. The second-order valence-corrected chi connectivity index (χ2v) is 10.2. The molecule has 0 atom stereocenters. The summed E-state index contributed by atoms with van der Waals surface area (Å²) in [5.74, 6) is -1.73. The second kappa shape index (κ2) is 13.2. The molecule has 0 fully saturated rings. The highest BCUT2D eigenvalue weighted by molar-refractivity contribution is 7.17. The van der Waals surface area contributed by atoms with E-state index < -0.39 is 17.8 Å². The van der Waals surface area contributed by atoms with E-state index >= 15 is 0 Å². The van der Waals surface area contributed by atoms with E-state index in [-0.39, 0.29) is 6.61 Å². The monoisotopic (exact) mass is 553 g/mol. The van der Waals surface area contributed by atoms with E-state index in [1.807, 2.05) is 18.2 Å². The molecule has 10 heteroatoms. The molecule has 3 aromatic rings. The largest absolute Gasteiger partial charge is 0.489 e. The quantitative estimate of drug-likeness (QED) is 0.126. The highest BCUT2D eigenvalue weighted by Crippen LogP contribution is 2.38. The van der Waals surface area contributed by atoms with Gasteiger partial charge in [0.25, 0.3) is 0 Å². The number of rotatable bonds is 8. The van der Waals surface area contributed by atoms with Crippen molar-refractivity contribution in [1.82, 2.24) is 5.43 Å². The highest BCUT2D eigenvalue weighted by atomic mass is 35.5. The molecule has 2 N–H and O–H groups in total. The molecule has 0 aliphatic heterocycles. The minimum Gasteiger partial charge on any atom is -0.489 e. The number of hydrazone groups is 1. The number of benzene rings is 2. The summed E-state index contributed by atoms with van der Waals surface area (Å²) in [5.41, 5.74) is 5.15. The van der Waals surface area contributed by atoms with E-state index in [1.165, 1.54) is 17.6 Å². The van der Waals surface area contributed by atoms with E-state index in [1.54, 1.807) is 37.3 Å². The van der Waals surface area contributed by atoms with Crippen LogP contribution in [0.4, 0.5) is 5.00 Å². The van der Waals surface area contributed by atoms with Gasteiger partial charge in [-0.2, -0.15) is 5.10 Å². The van der Waals surface area contributed by atoms with E-state index in [0.29, 0.717) is 33.5 Å². The Hall–Kier alpha value is -3.69. The van der Waals surface area contributed by atoms with Crippen LogP contribution in [0, 0.1) is 0 Å². The predicted octanol–water partition coefficient (Wildman–Crippen LogP) is 5.51. The molecule has 2 aromatic carbocycles. The van der Waals surface area contributed by atoms with E-state index in [2.05, 4.69) is 15.8 Å². The second-order valence-electron chi connectivity index (χ2n) is 8.63. The van der Waals surface area contributed by atoms with Gasteiger partial charge < -0.3 is 14.8 Å². The normalized spacial score (nSPS) is 12.9. The SMILES string of the molecule is CCOC(=O)c1c(NC(=O)C(=O)NN=Cc2cccc(OCc3ccc(Cl)cc3)c2)sc2c1CCCCC2. The number of hydrogen-bond acceptors (Lipinski definition) is 7. The number of carbonyl (C=O) groups excluding carboxylic acids is 3. The molecule has 4 rings (SSSR count). The first-order chi connectivity index (χ1) is 18.4. The molecule has 1 aromatic heterocycles. The van der Waals surface area contributed by atoms with Crippen LogP contribution in [-0.4, -0.2) is 30.6 Å². The van der Waals surface area contributed by atoms with Crippen molar-refractivity contribution in [2.24, 2.45) is 5.10 Å². The molecule has 0 saturated heterocycles. The summed E-state index contributed by atoms with van der Waals surface area (Å²) in [6, 6.07) is 14.5. The van der Waals surface area contributed by atoms with Gasteiger partial charge in [-0.3, -0.25) is 9.59 Å². The van der Waals surface area contributed by atoms with Crippen molar-refractivity contribution in [2.75, 3.05) is 11.9 Å². The number of anilines is 1. The number of nitrogens with one attached hydrogen (secondary N) is 2. The number of thiophene rings is 1. The predicted molar refractivity (Wildman–Crippen MR) is 148 cm³/mol. The maximum atomic E-state index is 12.7. The Morgan fingerprint density at radius 3 is 2.63 bits per heavy atom. The van der Waals surface area contributed by atoms with Gasteiger partial charge in [0.15, 0.2) is 0 Å². The number of ether oxygens (including phenoxy) is 2. The van der Waals surface area contributed by atoms with Crippen molar-refractivity contribution in [3.63, 3.8) is 0 Å². The first-order valence-corrected chi connectivity index (χ1v) is 13.6. The summed E-state index contributed by atoms with van der Waals surface area (Å²) in [6.07, 6.45) is 6.06. The molecule has 8 nitrogen and oxygen atoms in total. The van der Waals surface area contributed by atoms with Crippen LogP contribution >= 0.6 is 22.9 Å². The Kier molecular flexibility index (Phi) is 9.51. The van der Waals surface area contributed by atoms with Crippen LogP contribution in [0.15, 0.2) is 53.6 Å². The molecule has 0 radical (unpaired) electrons. The Labute approximate surface area is 230 Å². The molecule has 0 spiro atoms. The van der Waals surface area contributed by atoms with Crippen LogP contribution in [-0.2, 0) is 33.8 Å². The number of fused-ring (bicyclic) bond motifs is 1. The van der Waals surface area contributed by atoms with Gasteiger partial charge >= 0.3 is 17.8 Å². The van der Waals surface area contributed by atoms with E-state index in [0.717, 1.165) is 48.1 Å². The Balaban J connectivity index is 1.36. The number of esters is 1. The minimum absolute atomic E-state index is 0.222. The van der Waals surface area contributed by atoms with Gasteiger partial charge in [-0.15, -0.1) is 11.3 Å². The zero-order valence-electron chi connectivity index (χ0n) is 20.9. The van der Waals surface area contributed by atoms with Crippen molar-refractivity contribution in [2.45, 2.75) is 45.6 Å². The zero-order chi connectivity index (χ0) is 26.9. The smallest absolute Gasteiger partial charge is 0.341 e. The van der Waals surface area contributed by atoms with Gasteiger partial charge in [0.1, 0.15) is 17.4 Å². The zero-order valence-corrected chi connectivity index (χ0v) is 22.5. The van der Waals surface area contributed by atoms with E-state index in [9.17, 15) is 14.4 Å². The molecule has 38 heavy (non-hydrogen) atoms. The first-order valence-electron chi connectivity index (χ1n) is 12.4. The Bertz CT molecular complexity index is 1340. The topological polar surface area (TPSA) is 106 Å². The van der Waals surface area contributed by atoms with Crippen LogP contribution in [0.25, 0.3) is 0 Å². The number of nitrogens with zero attached hydrogens (tertiary/aromatic N) is 1. The average molecular weight is 554 g/mol. The molecular formula is C28H28ClN3O5S. The van der Waals surface area contributed by atoms with Gasteiger partial charge in [-0.05, 0) is 73.6 Å². The maximum absolute atomic E-state index is 12.7. The van der Waals surface area contributed by atoms with Crippen LogP contribution in [0.1, 0.15) is 58.1 Å². The average Bonchev–Trinajstić information content (AvgIpc) is 3.08. The number of carbonyl (C=O) groups is 3. The molecule has 1 heterocycles. The standard InChI is InChI=1S/C28H28ClN3O5S/c1-2-36-28(35)24-22-9-4-3-5-10-23(22)38-27(24)31-25(33)26(34)32-30-16-19-7-6-8-21(15-19)37-17-18-11-13-20(29)14-12-18/h6-8,11-16H,2-5,9-10,17H2,1H3,(H,31,33)(H,32,34). The first kappa shape index (κ1) is 27.3. The van der Waals surface area contributed by atoms with Crippen LogP contribution in [0.5, 0.6) is 5.75 Å².